The lowest BCUT2D eigenvalue weighted by Crippen LogP contribution is -2.40. The second-order valence-electron chi connectivity index (χ2n) is 5.91. The van der Waals surface area contributed by atoms with Crippen molar-refractivity contribution in [2.45, 2.75) is 71.1 Å². The highest BCUT2D eigenvalue weighted by atomic mass is 32.1. The normalized spacial score (nSPS) is 22.9. The lowest BCUT2D eigenvalue weighted by atomic mass is 9.97. The Balaban J connectivity index is 1.98. The summed E-state index contributed by atoms with van der Waals surface area (Å²) in [7, 11) is 0. The molecule has 108 valence electrons. The van der Waals surface area contributed by atoms with Gasteiger partial charge in [-0.2, -0.15) is 4.37 Å². The largest absolute Gasteiger partial charge is 0.393 e. The Labute approximate surface area is 120 Å². The van der Waals surface area contributed by atoms with E-state index in [9.17, 15) is 5.11 Å². The molecule has 0 aromatic carbocycles. The summed E-state index contributed by atoms with van der Waals surface area (Å²) in [5.74, 6) is 1.36. The fourth-order valence-electron chi connectivity index (χ4n) is 2.67. The van der Waals surface area contributed by atoms with E-state index < -0.39 is 0 Å². The fraction of sp³-hybridized carbons (Fsp3) is 0.857. The minimum Gasteiger partial charge on any atom is -0.393 e. The molecule has 2 heterocycles. The third-order valence-corrected chi connectivity index (χ3v) is 4.41. The van der Waals surface area contributed by atoms with Crippen molar-refractivity contribution < 1.29 is 5.11 Å². The molecule has 0 unspecified atom stereocenters. The highest BCUT2D eigenvalue weighted by molar-refractivity contribution is 7.05. The average Bonchev–Trinajstić information content (AvgIpc) is 2.80. The van der Waals surface area contributed by atoms with E-state index in [1.54, 1.807) is 0 Å². The summed E-state index contributed by atoms with van der Waals surface area (Å²) in [6.45, 7) is 8.15. The molecular formula is C14H25N3OS. The molecule has 0 amide bonds. The molecule has 0 aliphatic carbocycles. The molecule has 1 aliphatic rings. The average molecular weight is 283 g/mol. The number of hydrogen-bond acceptors (Lipinski definition) is 5. The van der Waals surface area contributed by atoms with Gasteiger partial charge in [0.1, 0.15) is 10.8 Å². The van der Waals surface area contributed by atoms with Gasteiger partial charge in [0.15, 0.2) is 0 Å². The van der Waals surface area contributed by atoms with E-state index >= 15 is 0 Å². The monoisotopic (exact) mass is 283 g/mol. The maximum Gasteiger partial charge on any atom is 0.145 e. The van der Waals surface area contributed by atoms with Crippen molar-refractivity contribution in [1.29, 1.82) is 0 Å². The van der Waals surface area contributed by atoms with E-state index in [-0.39, 0.29) is 6.10 Å². The lowest BCUT2D eigenvalue weighted by molar-refractivity contribution is 0.0817. The van der Waals surface area contributed by atoms with E-state index in [1.807, 2.05) is 6.92 Å². The molecule has 1 N–H and O–H groups in total. The Kier molecular flexibility index (Phi) is 5.30. The first-order valence-corrected chi connectivity index (χ1v) is 8.08. The van der Waals surface area contributed by atoms with E-state index in [0.29, 0.717) is 12.0 Å². The van der Waals surface area contributed by atoms with Crippen molar-refractivity contribution in [3.8, 4) is 0 Å². The fourth-order valence-corrected chi connectivity index (χ4v) is 3.48. The second kappa shape index (κ2) is 6.77. The summed E-state index contributed by atoms with van der Waals surface area (Å²) in [5.41, 5.74) is 0. The number of aliphatic hydroxyl groups excluding tert-OH is 1. The minimum atomic E-state index is -0.216. The first-order chi connectivity index (χ1) is 9.06. The molecule has 1 saturated heterocycles. The molecule has 2 atom stereocenters. The van der Waals surface area contributed by atoms with Crippen molar-refractivity contribution in [2.24, 2.45) is 0 Å². The summed E-state index contributed by atoms with van der Waals surface area (Å²) >= 11 is 1.53. The molecular weight excluding hydrogens is 258 g/mol. The number of piperidine rings is 1. The second-order valence-corrected chi connectivity index (χ2v) is 6.74. The Morgan fingerprint density at radius 2 is 2.16 bits per heavy atom. The number of rotatable bonds is 5. The quantitative estimate of drug-likeness (QED) is 0.903. The molecule has 1 aliphatic heterocycles. The zero-order chi connectivity index (χ0) is 13.8. The zero-order valence-electron chi connectivity index (χ0n) is 12.2. The molecule has 4 nitrogen and oxygen atoms in total. The molecule has 0 spiro atoms. The van der Waals surface area contributed by atoms with Gasteiger partial charge in [0.05, 0.1) is 12.6 Å². The van der Waals surface area contributed by atoms with Crippen molar-refractivity contribution in [3.05, 3.63) is 10.8 Å². The Bertz CT molecular complexity index is 392. The molecule has 1 aromatic heterocycles. The third kappa shape index (κ3) is 4.23. The van der Waals surface area contributed by atoms with Gasteiger partial charge in [-0.15, -0.1) is 0 Å². The molecule has 0 radical (unpaired) electrons. The van der Waals surface area contributed by atoms with Gasteiger partial charge in [-0.05, 0) is 44.3 Å². The summed E-state index contributed by atoms with van der Waals surface area (Å²) in [5, 5.41) is 10.7. The van der Waals surface area contributed by atoms with Crippen LogP contribution >= 0.6 is 11.5 Å². The summed E-state index contributed by atoms with van der Waals surface area (Å²) < 4.78 is 4.42. The number of hydrogen-bond donors (Lipinski definition) is 1. The van der Waals surface area contributed by atoms with E-state index in [1.165, 1.54) is 30.8 Å². The van der Waals surface area contributed by atoms with E-state index in [2.05, 4.69) is 28.1 Å². The number of nitrogens with zero attached hydrogens (tertiary/aromatic N) is 3. The third-order valence-electron chi connectivity index (χ3n) is 3.70. The minimum absolute atomic E-state index is 0.216. The summed E-state index contributed by atoms with van der Waals surface area (Å²) in [4.78, 5) is 7.09. The van der Waals surface area contributed by atoms with Gasteiger partial charge in [-0.25, -0.2) is 4.98 Å². The molecule has 19 heavy (non-hydrogen) atoms. The predicted molar refractivity (Wildman–Crippen MR) is 78.3 cm³/mol. The summed E-state index contributed by atoms with van der Waals surface area (Å²) in [6, 6.07) is 0.500. The number of aliphatic hydroxyl groups is 1. The van der Waals surface area contributed by atoms with Crippen molar-refractivity contribution in [1.82, 2.24) is 14.3 Å². The first kappa shape index (κ1) is 14.9. The van der Waals surface area contributed by atoms with Gasteiger partial charge in [0.2, 0.25) is 0 Å². The van der Waals surface area contributed by atoms with Gasteiger partial charge in [-0.3, -0.25) is 4.90 Å². The Morgan fingerprint density at radius 3 is 2.79 bits per heavy atom. The Morgan fingerprint density at radius 1 is 1.37 bits per heavy atom. The van der Waals surface area contributed by atoms with Gasteiger partial charge in [0.25, 0.3) is 0 Å². The van der Waals surface area contributed by atoms with Gasteiger partial charge >= 0.3 is 0 Å². The van der Waals surface area contributed by atoms with Crippen LogP contribution in [0.3, 0.4) is 0 Å². The van der Waals surface area contributed by atoms with Gasteiger partial charge in [-0.1, -0.05) is 20.3 Å². The van der Waals surface area contributed by atoms with Crippen molar-refractivity contribution in [2.75, 3.05) is 6.54 Å². The standard InChI is InChI=1S/C14H25N3OS/c1-10(2)14-15-13(19-16-14)9-17-7-5-4-6-12(17)8-11(3)18/h10-12,18H,4-9H2,1-3H3/t11-,12-/m1/s1. The van der Waals surface area contributed by atoms with Crippen molar-refractivity contribution >= 4 is 11.5 Å². The Hall–Kier alpha value is -0.520. The highest BCUT2D eigenvalue weighted by Gasteiger charge is 2.24. The maximum atomic E-state index is 9.61. The van der Waals surface area contributed by atoms with Crippen LogP contribution < -0.4 is 0 Å². The smallest absolute Gasteiger partial charge is 0.145 e. The number of aromatic nitrogens is 2. The molecule has 0 saturated carbocycles. The van der Waals surface area contributed by atoms with Gasteiger partial charge in [0, 0.05) is 12.0 Å². The van der Waals surface area contributed by atoms with Crippen LogP contribution in [0.25, 0.3) is 0 Å². The zero-order valence-corrected chi connectivity index (χ0v) is 13.0. The van der Waals surface area contributed by atoms with Crippen LogP contribution in [0.5, 0.6) is 0 Å². The van der Waals surface area contributed by atoms with E-state index in [0.717, 1.165) is 30.3 Å². The van der Waals surface area contributed by atoms with Crippen LogP contribution in [-0.2, 0) is 6.54 Å². The van der Waals surface area contributed by atoms with Crippen LogP contribution in [0, 0.1) is 0 Å². The predicted octanol–water partition coefficient (Wildman–Crippen LogP) is 2.79. The van der Waals surface area contributed by atoms with Crippen LogP contribution in [0.1, 0.15) is 63.2 Å². The number of likely N-dealkylation sites (tertiary alicyclic amines) is 1. The lowest BCUT2D eigenvalue weighted by Gasteiger charge is -2.35. The van der Waals surface area contributed by atoms with Crippen LogP contribution in [-0.4, -0.2) is 38.1 Å². The topological polar surface area (TPSA) is 49.2 Å². The highest BCUT2D eigenvalue weighted by Crippen LogP contribution is 2.24. The van der Waals surface area contributed by atoms with Gasteiger partial charge < -0.3 is 5.11 Å². The molecule has 5 heteroatoms. The first-order valence-electron chi connectivity index (χ1n) is 7.31. The molecule has 1 aromatic rings. The van der Waals surface area contributed by atoms with Crippen LogP contribution in [0.4, 0.5) is 0 Å². The molecule has 1 fully saturated rings. The SMILES string of the molecule is CC(C)c1nsc(CN2CCCC[C@@H]2C[C@@H](C)O)n1. The maximum absolute atomic E-state index is 9.61. The molecule has 2 rings (SSSR count). The van der Waals surface area contributed by atoms with Crippen LogP contribution in [0.2, 0.25) is 0 Å². The molecule has 0 bridgehead atoms. The van der Waals surface area contributed by atoms with E-state index in [4.69, 9.17) is 0 Å². The van der Waals surface area contributed by atoms with Crippen molar-refractivity contribution in [3.63, 3.8) is 0 Å². The van der Waals surface area contributed by atoms with Crippen LogP contribution in [0.15, 0.2) is 0 Å². The summed E-state index contributed by atoms with van der Waals surface area (Å²) in [6.07, 6.45) is 4.38.